The fourth-order valence-electron chi connectivity index (χ4n) is 7.00. The van der Waals surface area contributed by atoms with Gasteiger partial charge in [-0.05, 0) is 25.5 Å². The number of ether oxygens (including phenoxy) is 1. The Morgan fingerprint density at radius 1 is 1.20 bits per heavy atom. The third kappa shape index (κ3) is 4.54. The van der Waals surface area contributed by atoms with Crippen LogP contribution in [0.1, 0.15) is 16.8 Å². The van der Waals surface area contributed by atoms with Crippen molar-refractivity contribution in [3.05, 3.63) is 58.1 Å². The van der Waals surface area contributed by atoms with E-state index < -0.39 is 28.6 Å². The molecule has 2 aliphatic heterocycles. The summed E-state index contributed by atoms with van der Waals surface area (Å²) in [7, 11) is 5.25. The number of fused-ring (bicyclic) bond motifs is 5. The van der Waals surface area contributed by atoms with Gasteiger partial charge in [-0.25, -0.2) is 28.2 Å². The van der Waals surface area contributed by atoms with Crippen molar-refractivity contribution < 1.29 is 23.4 Å². The SMILES string of the molecule is CNc1cc(F)c(F)c2c1[nH]c1ncc(-c3cnc4c(c3)c(=O)c(C(=O)O)cn4NCCOC)c(N3CCC4CN(C)CC43)c12. The van der Waals surface area contributed by atoms with Crippen molar-refractivity contribution in [3.8, 4) is 11.1 Å². The van der Waals surface area contributed by atoms with E-state index in [0.29, 0.717) is 64.7 Å². The number of H-pyrrole nitrogens is 1. The average molecular weight is 619 g/mol. The van der Waals surface area contributed by atoms with Gasteiger partial charge in [0.1, 0.15) is 11.2 Å². The van der Waals surface area contributed by atoms with Crippen LogP contribution in [0.2, 0.25) is 0 Å². The average Bonchev–Trinajstić information content (AvgIpc) is 3.71. The zero-order chi connectivity index (χ0) is 31.6. The van der Waals surface area contributed by atoms with Gasteiger partial charge < -0.3 is 35.4 Å². The van der Waals surface area contributed by atoms with Crippen LogP contribution < -0.4 is 21.1 Å². The number of halogens is 2. The van der Waals surface area contributed by atoms with E-state index in [-0.39, 0.29) is 22.5 Å². The summed E-state index contributed by atoms with van der Waals surface area (Å²) in [6.07, 6.45) is 5.36. The van der Waals surface area contributed by atoms with Gasteiger partial charge in [0.25, 0.3) is 0 Å². The number of likely N-dealkylation sites (tertiary alicyclic amines) is 1. The fourth-order valence-corrected chi connectivity index (χ4v) is 7.00. The number of nitrogens with zero attached hydrogens (tertiary/aromatic N) is 5. The van der Waals surface area contributed by atoms with Crippen LogP contribution in [-0.4, -0.2) is 95.6 Å². The molecule has 0 amide bonds. The second kappa shape index (κ2) is 11.0. The lowest BCUT2D eigenvalue weighted by Gasteiger charge is -2.29. The molecular weight excluding hydrogens is 586 g/mol. The number of anilines is 2. The van der Waals surface area contributed by atoms with Crippen molar-refractivity contribution in [2.45, 2.75) is 12.5 Å². The molecule has 2 atom stereocenters. The van der Waals surface area contributed by atoms with E-state index in [4.69, 9.17) is 4.74 Å². The number of nitrogens with one attached hydrogen (secondary N) is 3. The van der Waals surface area contributed by atoms with Gasteiger partial charge in [0, 0.05) is 75.6 Å². The summed E-state index contributed by atoms with van der Waals surface area (Å²) < 4.78 is 37.3. The number of aromatic amines is 1. The van der Waals surface area contributed by atoms with Gasteiger partial charge in [-0.15, -0.1) is 0 Å². The van der Waals surface area contributed by atoms with Gasteiger partial charge in [-0.3, -0.25) is 4.79 Å². The van der Waals surface area contributed by atoms with Gasteiger partial charge in [0.05, 0.1) is 46.2 Å². The second-order valence-corrected chi connectivity index (χ2v) is 11.7. The predicted molar refractivity (Wildman–Crippen MR) is 168 cm³/mol. The molecule has 234 valence electrons. The molecule has 7 rings (SSSR count). The highest BCUT2D eigenvalue weighted by Gasteiger charge is 2.42. The molecule has 2 unspecified atom stereocenters. The molecule has 0 bridgehead atoms. The van der Waals surface area contributed by atoms with Gasteiger partial charge in [0.15, 0.2) is 17.3 Å². The van der Waals surface area contributed by atoms with Crippen molar-refractivity contribution in [1.82, 2.24) is 24.5 Å². The van der Waals surface area contributed by atoms with E-state index in [1.165, 1.54) is 10.9 Å². The molecule has 4 aromatic heterocycles. The normalized spacial score (nSPS) is 18.4. The van der Waals surface area contributed by atoms with Gasteiger partial charge in [-0.1, -0.05) is 0 Å². The summed E-state index contributed by atoms with van der Waals surface area (Å²) in [5.74, 6) is -2.95. The molecule has 4 N–H and O–H groups in total. The van der Waals surface area contributed by atoms with E-state index in [0.717, 1.165) is 25.6 Å². The Hall–Kier alpha value is -4.82. The molecule has 2 aliphatic rings. The lowest BCUT2D eigenvalue weighted by Crippen LogP contribution is -2.35. The molecule has 12 nitrogen and oxygen atoms in total. The largest absolute Gasteiger partial charge is 0.477 e. The summed E-state index contributed by atoms with van der Waals surface area (Å²) in [4.78, 5) is 42.4. The molecule has 5 aromatic rings. The van der Waals surface area contributed by atoms with E-state index in [1.807, 2.05) is 0 Å². The number of hydrogen-bond acceptors (Lipinski definition) is 9. The van der Waals surface area contributed by atoms with Crippen LogP contribution in [0.5, 0.6) is 0 Å². The summed E-state index contributed by atoms with van der Waals surface area (Å²) >= 11 is 0. The molecule has 45 heavy (non-hydrogen) atoms. The van der Waals surface area contributed by atoms with E-state index in [9.17, 15) is 19.1 Å². The maximum Gasteiger partial charge on any atom is 0.341 e. The Morgan fingerprint density at radius 2 is 2.02 bits per heavy atom. The van der Waals surface area contributed by atoms with Crippen LogP contribution in [0.25, 0.3) is 44.1 Å². The summed E-state index contributed by atoms with van der Waals surface area (Å²) in [6, 6.07) is 2.83. The number of methoxy groups -OCH3 is 1. The first-order valence-electron chi connectivity index (χ1n) is 14.7. The Labute approximate surface area is 255 Å². The smallest absolute Gasteiger partial charge is 0.341 e. The molecule has 2 fully saturated rings. The van der Waals surface area contributed by atoms with Gasteiger partial charge >= 0.3 is 5.97 Å². The molecule has 2 saturated heterocycles. The van der Waals surface area contributed by atoms with Crippen molar-refractivity contribution in [2.75, 3.05) is 69.6 Å². The minimum absolute atomic E-state index is 0.0804. The van der Waals surface area contributed by atoms with E-state index in [1.54, 1.807) is 32.6 Å². The maximum atomic E-state index is 15.8. The number of carboxylic acids is 1. The van der Waals surface area contributed by atoms with Crippen LogP contribution in [0.15, 0.2) is 35.5 Å². The van der Waals surface area contributed by atoms with Crippen LogP contribution in [0.4, 0.5) is 20.2 Å². The Balaban J connectivity index is 1.52. The lowest BCUT2D eigenvalue weighted by atomic mass is 9.99. The van der Waals surface area contributed by atoms with E-state index >= 15 is 4.39 Å². The number of pyridine rings is 3. The third-order valence-electron chi connectivity index (χ3n) is 9.02. The third-order valence-corrected chi connectivity index (χ3v) is 9.02. The summed E-state index contributed by atoms with van der Waals surface area (Å²) in [6.45, 7) is 3.10. The number of rotatable bonds is 8. The van der Waals surface area contributed by atoms with Crippen molar-refractivity contribution in [3.63, 3.8) is 0 Å². The monoisotopic (exact) mass is 618 g/mol. The maximum absolute atomic E-state index is 15.8. The second-order valence-electron chi connectivity index (χ2n) is 11.7. The summed E-state index contributed by atoms with van der Waals surface area (Å²) in [5.41, 5.74) is 5.06. The number of benzene rings is 1. The Morgan fingerprint density at radius 3 is 2.78 bits per heavy atom. The predicted octanol–water partition coefficient (Wildman–Crippen LogP) is 3.44. The van der Waals surface area contributed by atoms with Crippen molar-refractivity contribution in [1.29, 1.82) is 0 Å². The highest BCUT2D eigenvalue weighted by atomic mass is 19.2. The molecule has 0 saturated carbocycles. The number of likely N-dealkylation sites (N-methyl/N-ethyl adjacent to an activating group) is 1. The topological polar surface area (TPSA) is 141 Å². The lowest BCUT2D eigenvalue weighted by molar-refractivity contribution is 0.0695. The van der Waals surface area contributed by atoms with Crippen LogP contribution in [0.3, 0.4) is 0 Å². The summed E-state index contributed by atoms with van der Waals surface area (Å²) in [5, 5.41) is 13.4. The van der Waals surface area contributed by atoms with Crippen LogP contribution in [0, 0.1) is 17.6 Å². The van der Waals surface area contributed by atoms with Gasteiger partial charge in [-0.2, -0.15) is 0 Å². The zero-order valence-corrected chi connectivity index (χ0v) is 24.9. The Bertz CT molecular complexity index is 2060. The Kier molecular flexibility index (Phi) is 7.05. The molecule has 6 heterocycles. The molecule has 0 aliphatic carbocycles. The molecule has 1 aromatic carbocycles. The molecule has 0 spiro atoms. The molecule has 14 heteroatoms. The number of carboxylic acid groups (broad SMARTS) is 1. The zero-order valence-electron chi connectivity index (χ0n) is 24.9. The first-order chi connectivity index (χ1) is 21.7. The van der Waals surface area contributed by atoms with Crippen LogP contribution >= 0.6 is 0 Å². The minimum atomic E-state index is -1.37. The first-order valence-corrected chi connectivity index (χ1v) is 14.7. The molecule has 0 radical (unpaired) electrons. The fraction of sp³-hybridized carbons (Fsp3) is 0.355. The van der Waals surface area contributed by atoms with Gasteiger partial charge in [0.2, 0.25) is 5.43 Å². The highest BCUT2D eigenvalue weighted by molar-refractivity contribution is 6.18. The number of hydrogen-bond donors (Lipinski definition) is 4. The number of aromatic nitrogens is 4. The minimum Gasteiger partial charge on any atom is -0.477 e. The molecular formula is C31H32F2N8O4. The van der Waals surface area contributed by atoms with Crippen LogP contribution in [-0.2, 0) is 4.74 Å². The van der Waals surface area contributed by atoms with Crippen molar-refractivity contribution in [2.24, 2.45) is 5.92 Å². The van der Waals surface area contributed by atoms with Crippen molar-refractivity contribution >= 4 is 50.3 Å². The first kappa shape index (κ1) is 28.9. The number of aromatic carboxylic acids is 1. The number of carbonyl (C=O) groups is 1. The standard InChI is InChI=1S/C31H32F2N8O4/c1-34-21-9-20(32)25(33)23-24-27(40-6-4-15-12-39(2)14-22(15)40)18(11-35-29(24)38-26(21)23)16-8-17-28(42)19(31(43)44)13-41(30(17)36-10-16)37-5-7-45-3/h8-11,13,15,22,34,37H,4-7,12,14H2,1-3H3,(H,35,38)(H,43,44). The van der Waals surface area contributed by atoms with E-state index in [2.05, 4.69) is 42.5 Å². The highest BCUT2D eigenvalue weighted by Crippen LogP contribution is 2.46. The quantitative estimate of drug-likeness (QED) is 0.191.